The fraction of sp³-hybridized carbons (Fsp3) is 0.471. The first-order chi connectivity index (χ1) is 10.2. The minimum atomic E-state index is -0.0739. The highest BCUT2D eigenvalue weighted by Crippen LogP contribution is 2.15. The molecular weight excluding hydrogens is 264 g/mol. The lowest BCUT2D eigenvalue weighted by Gasteiger charge is -2.10. The maximum absolute atomic E-state index is 12.3. The fourth-order valence-corrected chi connectivity index (χ4v) is 2.40. The van der Waals surface area contributed by atoms with E-state index in [0.29, 0.717) is 18.0 Å². The molecule has 1 aliphatic rings. The van der Waals surface area contributed by atoms with Crippen LogP contribution in [0.2, 0.25) is 0 Å². The maximum atomic E-state index is 12.3. The predicted molar refractivity (Wildman–Crippen MR) is 83.0 cm³/mol. The number of ether oxygens (including phenoxy) is 1. The molecule has 1 aliphatic heterocycles. The number of hydrogen-bond donors (Lipinski definition) is 2. The van der Waals surface area contributed by atoms with E-state index in [1.807, 2.05) is 25.1 Å². The molecule has 1 heterocycles. The molecule has 4 heteroatoms. The van der Waals surface area contributed by atoms with Gasteiger partial charge in [-0.25, -0.2) is 0 Å². The number of hydrogen-bond acceptors (Lipinski definition) is 3. The molecule has 2 rings (SSSR count). The van der Waals surface area contributed by atoms with Crippen molar-refractivity contribution in [2.24, 2.45) is 11.7 Å². The maximum Gasteiger partial charge on any atom is 0.252 e. The van der Waals surface area contributed by atoms with E-state index in [4.69, 9.17) is 10.5 Å². The molecule has 0 aromatic heterocycles. The lowest BCUT2D eigenvalue weighted by Crippen LogP contribution is -2.26. The highest BCUT2D eigenvalue weighted by atomic mass is 16.5. The molecule has 1 unspecified atom stereocenters. The van der Waals surface area contributed by atoms with Gasteiger partial charge in [0, 0.05) is 25.3 Å². The van der Waals surface area contributed by atoms with Crippen LogP contribution in [0.4, 0.5) is 0 Å². The molecule has 1 amide bonds. The van der Waals surface area contributed by atoms with Crippen molar-refractivity contribution in [2.45, 2.75) is 19.8 Å². The zero-order valence-electron chi connectivity index (χ0n) is 12.4. The van der Waals surface area contributed by atoms with Gasteiger partial charge in [-0.1, -0.05) is 17.9 Å². The first kappa shape index (κ1) is 15.6. The molecule has 1 aromatic carbocycles. The number of carbonyl (C=O) groups is 1. The molecule has 1 saturated heterocycles. The smallest absolute Gasteiger partial charge is 0.252 e. The van der Waals surface area contributed by atoms with E-state index in [2.05, 4.69) is 17.2 Å². The van der Waals surface area contributed by atoms with E-state index in [1.54, 1.807) is 0 Å². The van der Waals surface area contributed by atoms with Crippen LogP contribution in [0.1, 0.15) is 34.3 Å². The monoisotopic (exact) mass is 286 g/mol. The average molecular weight is 286 g/mol. The molecule has 0 radical (unpaired) electrons. The lowest BCUT2D eigenvalue weighted by molar-refractivity contribution is 0.0950. The minimum absolute atomic E-state index is 0.0739. The number of amides is 1. The third-order valence-corrected chi connectivity index (χ3v) is 3.61. The van der Waals surface area contributed by atoms with E-state index < -0.39 is 0 Å². The van der Waals surface area contributed by atoms with Gasteiger partial charge in [-0.15, -0.1) is 0 Å². The number of carbonyl (C=O) groups excluding carboxylic acids is 1. The van der Waals surface area contributed by atoms with E-state index in [0.717, 1.165) is 37.2 Å². The molecule has 0 spiro atoms. The number of aryl methyl sites for hydroxylation is 1. The largest absolute Gasteiger partial charge is 0.381 e. The normalized spacial score (nSPS) is 17.1. The summed E-state index contributed by atoms with van der Waals surface area (Å²) in [6, 6.07) is 5.67. The van der Waals surface area contributed by atoms with E-state index >= 15 is 0 Å². The van der Waals surface area contributed by atoms with Crippen molar-refractivity contribution in [1.82, 2.24) is 5.32 Å². The first-order valence-corrected chi connectivity index (χ1v) is 7.36. The van der Waals surface area contributed by atoms with Gasteiger partial charge in [0.15, 0.2) is 0 Å². The summed E-state index contributed by atoms with van der Waals surface area (Å²) < 4.78 is 5.33. The molecule has 1 aromatic rings. The Labute approximate surface area is 126 Å². The summed E-state index contributed by atoms with van der Waals surface area (Å²) in [4.78, 5) is 12.3. The second-order valence-corrected chi connectivity index (χ2v) is 5.33. The predicted octanol–water partition coefficient (Wildman–Crippen LogP) is 1.46. The summed E-state index contributed by atoms with van der Waals surface area (Å²) in [5.74, 6) is 6.27. The summed E-state index contributed by atoms with van der Waals surface area (Å²) >= 11 is 0. The Bertz CT molecular complexity index is 552. The molecule has 0 bridgehead atoms. The van der Waals surface area contributed by atoms with Gasteiger partial charge in [-0.2, -0.15) is 0 Å². The molecule has 21 heavy (non-hydrogen) atoms. The summed E-state index contributed by atoms with van der Waals surface area (Å²) in [6.07, 6.45) is 2.05. The van der Waals surface area contributed by atoms with E-state index in [-0.39, 0.29) is 12.5 Å². The highest BCUT2D eigenvalue weighted by molar-refractivity contribution is 5.96. The summed E-state index contributed by atoms with van der Waals surface area (Å²) in [5, 5.41) is 2.97. The van der Waals surface area contributed by atoms with Gasteiger partial charge in [0.1, 0.15) is 0 Å². The van der Waals surface area contributed by atoms with Crippen LogP contribution in [0.3, 0.4) is 0 Å². The van der Waals surface area contributed by atoms with Crippen molar-refractivity contribution in [3.8, 4) is 11.8 Å². The number of nitrogens with one attached hydrogen (secondary N) is 1. The van der Waals surface area contributed by atoms with Gasteiger partial charge in [0.2, 0.25) is 0 Å². The number of benzene rings is 1. The van der Waals surface area contributed by atoms with Crippen LogP contribution in [0, 0.1) is 24.7 Å². The van der Waals surface area contributed by atoms with Gasteiger partial charge in [-0.05, 0) is 43.4 Å². The third kappa shape index (κ3) is 4.59. The summed E-state index contributed by atoms with van der Waals surface area (Å²) in [7, 11) is 0. The van der Waals surface area contributed by atoms with Crippen molar-refractivity contribution >= 4 is 5.91 Å². The fourth-order valence-electron chi connectivity index (χ4n) is 2.40. The van der Waals surface area contributed by atoms with Crippen LogP contribution < -0.4 is 11.1 Å². The zero-order valence-corrected chi connectivity index (χ0v) is 12.4. The molecule has 0 saturated carbocycles. The van der Waals surface area contributed by atoms with Crippen LogP contribution in [-0.2, 0) is 4.74 Å². The summed E-state index contributed by atoms with van der Waals surface area (Å²) in [6.45, 7) is 4.60. The quantitative estimate of drug-likeness (QED) is 0.824. The Kier molecular flexibility index (Phi) is 5.79. The molecule has 3 N–H and O–H groups in total. The Balaban J connectivity index is 1.97. The van der Waals surface area contributed by atoms with Crippen molar-refractivity contribution in [3.63, 3.8) is 0 Å². The second-order valence-electron chi connectivity index (χ2n) is 5.33. The molecule has 1 fully saturated rings. The third-order valence-electron chi connectivity index (χ3n) is 3.61. The SMILES string of the molecule is Cc1ccc(C(=O)NCCC2CCOC2)c(C#CCN)c1. The lowest BCUT2D eigenvalue weighted by atomic mass is 10.0. The number of nitrogens with two attached hydrogens (primary N) is 1. The van der Waals surface area contributed by atoms with Crippen LogP contribution in [0.15, 0.2) is 18.2 Å². The molecule has 112 valence electrons. The average Bonchev–Trinajstić information content (AvgIpc) is 2.98. The molecule has 4 nitrogen and oxygen atoms in total. The second kappa shape index (κ2) is 7.82. The Morgan fingerprint density at radius 1 is 1.52 bits per heavy atom. The van der Waals surface area contributed by atoms with E-state index in [9.17, 15) is 4.79 Å². The molecule has 0 aliphatic carbocycles. The van der Waals surface area contributed by atoms with Gasteiger partial charge >= 0.3 is 0 Å². The molecule has 1 atom stereocenters. The Hall–Kier alpha value is -1.83. The van der Waals surface area contributed by atoms with Crippen molar-refractivity contribution in [3.05, 3.63) is 34.9 Å². The highest BCUT2D eigenvalue weighted by Gasteiger charge is 2.16. The standard InChI is InChI=1S/C17H22N2O2/c1-13-4-5-16(15(11-13)3-2-8-18)17(20)19-9-6-14-7-10-21-12-14/h4-5,11,14H,6-10,12,18H2,1H3,(H,19,20). The minimum Gasteiger partial charge on any atom is -0.381 e. The van der Waals surface area contributed by atoms with E-state index in [1.165, 1.54) is 0 Å². The van der Waals surface area contributed by atoms with Gasteiger partial charge < -0.3 is 15.8 Å². The zero-order chi connectivity index (χ0) is 15.1. The van der Waals surface area contributed by atoms with Gasteiger partial charge in [0.05, 0.1) is 12.1 Å². The van der Waals surface area contributed by atoms with Crippen LogP contribution >= 0.6 is 0 Å². The van der Waals surface area contributed by atoms with Crippen LogP contribution in [0.25, 0.3) is 0 Å². The first-order valence-electron chi connectivity index (χ1n) is 7.36. The van der Waals surface area contributed by atoms with Crippen LogP contribution in [-0.4, -0.2) is 32.2 Å². The van der Waals surface area contributed by atoms with Crippen molar-refractivity contribution < 1.29 is 9.53 Å². The van der Waals surface area contributed by atoms with Gasteiger partial charge in [-0.3, -0.25) is 4.79 Å². The Morgan fingerprint density at radius 2 is 2.38 bits per heavy atom. The summed E-state index contributed by atoms with van der Waals surface area (Å²) in [5.41, 5.74) is 7.84. The Morgan fingerprint density at radius 3 is 3.10 bits per heavy atom. The van der Waals surface area contributed by atoms with Crippen molar-refractivity contribution in [2.75, 3.05) is 26.3 Å². The molecular formula is C17H22N2O2. The topological polar surface area (TPSA) is 64.3 Å². The van der Waals surface area contributed by atoms with Crippen molar-refractivity contribution in [1.29, 1.82) is 0 Å². The van der Waals surface area contributed by atoms with Crippen LogP contribution in [0.5, 0.6) is 0 Å². The van der Waals surface area contributed by atoms with Gasteiger partial charge in [0.25, 0.3) is 5.91 Å². The number of rotatable bonds is 4.